The van der Waals surface area contributed by atoms with Gasteiger partial charge < -0.3 is 14.2 Å². The molecule has 0 spiro atoms. The van der Waals surface area contributed by atoms with Crippen molar-refractivity contribution in [3.63, 3.8) is 0 Å². The van der Waals surface area contributed by atoms with Gasteiger partial charge >= 0.3 is 0 Å². The lowest BCUT2D eigenvalue weighted by Crippen LogP contribution is -2.37. The Hall–Kier alpha value is -3.04. The SMILES string of the molecule is CCOc1ccc([C@H]2Oc3nc(SC)nnc3-c3cc(Cl)ccc3N2C(=O)CC)cc1OC. The molecule has 1 atom stereocenters. The van der Waals surface area contributed by atoms with Gasteiger partial charge in [-0.3, -0.25) is 9.69 Å². The molecule has 0 N–H and O–H groups in total. The van der Waals surface area contributed by atoms with Crippen LogP contribution in [0.5, 0.6) is 17.4 Å². The summed E-state index contributed by atoms with van der Waals surface area (Å²) in [6, 6.07) is 10.7. The van der Waals surface area contributed by atoms with E-state index in [2.05, 4.69) is 15.2 Å². The normalized spacial score (nSPS) is 14.6. The molecule has 2 heterocycles. The highest BCUT2D eigenvalue weighted by molar-refractivity contribution is 7.98. The van der Waals surface area contributed by atoms with Crippen LogP contribution < -0.4 is 19.1 Å². The highest BCUT2D eigenvalue weighted by Gasteiger charge is 2.36. The summed E-state index contributed by atoms with van der Waals surface area (Å²) in [5.74, 6) is 1.27. The Labute approximate surface area is 201 Å². The van der Waals surface area contributed by atoms with E-state index in [1.54, 1.807) is 49.3 Å². The summed E-state index contributed by atoms with van der Waals surface area (Å²) in [6.07, 6.45) is 1.29. The van der Waals surface area contributed by atoms with Crippen molar-refractivity contribution in [1.29, 1.82) is 0 Å². The summed E-state index contributed by atoms with van der Waals surface area (Å²) in [5.41, 5.74) is 2.33. The van der Waals surface area contributed by atoms with Gasteiger partial charge in [-0.15, -0.1) is 10.2 Å². The van der Waals surface area contributed by atoms with Crippen LogP contribution >= 0.6 is 23.4 Å². The monoisotopic (exact) mass is 486 g/mol. The van der Waals surface area contributed by atoms with E-state index in [1.165, 1.54) is 11.8 Å². The Morgan fingerprint density at radius 1 is 1.18 bits per heavy atom. The molecule has 0 unspecified atom stereocenters. The number of amides is 1. The number of aromatic nitrogens is 3. The lowest BCUT2D eigenvalue weighted by Gasteiger charge is -2.31. The van der Waals surface area contributed by atoms with Crippen LogP contribution in [0.25, 0.3) is 11.3 Å². The van der Waals surface area contributed by atoms with Gasteiger partial charge in [0, 0.05) is 22.6 Å². The van der Waals surface area contributed by atoms with E-state index in [4.69, 9.17) is 25.8 Å². The van der Waals surface area contributed by atoms with Crippen molar-refractivity contribution in [1.82, 2.24) is 15.2 Å². The number of carbonyl (C=O) groups excluding carboxylic acids is 1. The molecule has 2 aromatic carbocycles. The van der Waals surface area contributed by atoms with Gasteiger partial charge in [0.05, 0.1) is 19.4 Å². The Kier molecular flexibility index (Phi) is 6.90. The fraction of sp³-hybridized carbons (Fsp3) is 0.304. The minimum atomic E-state index is -0.824. The predicted octanol–water partition coefficient (Wildman–Crippen LogP) is 5.16. The average molecular weight is 487 g/mol. The van der Waals surface area contributed by atoms with Crippen molar-refractivity contribution in [2.24, 2.45) is 0 Å². The van der Waals surface area contributed by atoms with Crippen molar-refractivity contribution in [2.75, 3.05) is 24.9 Å². The molecule has 1 aliphatic rings. The van der Waals surface area contributed by atoms with Crippen molar-refractivity contribution < 1.29 is 19.0 Å². The summed E-state index contributed by atoms with van der Waals surface area (Å²) in [5, 5.41) is 9.47. The second kappa shape index (κ2) is 9.84. The summed E-state index contributed by atoms with van der Waals surface area (Å²) in [4.78, 5) is 19.4. The molecule has 0 bridgehead atoms. The Balaban J connectivity index is 1.95. The number of carbonyl (C=O) groups is 1. The molecule has 8 nitrogen and oxygen atoms in total. The van der Waals surface area contributed by atoms with E-state index in [0.717, 1.165) is 0 Å². The summed E-state index contributed by atoms with van der Waals surface area (Å²) >= 11 is 7.66. The first-order valence-corrected chi connectivity index (χ1v) is 12.0. The Bertz CT molecular complexity index is 1190. The minimum Gasteiger partial charge on any atom is -0.493 e. The van der Waals surface area contributed by atoms with Crippen molar-refractivity contribution in [3.05, 3.63) is 47.0 Å². The quantitative estimate of drug-likeness (QED) is 0.442. The molecule has 0 radical (unpaired) electrons. The molecule has 4 rings (SSSR count). The molecule has 172 valence electrons. The van der Waals surface area contributed by atoms with Crippen molar-refractivity contribution in [3.8, 4) is 28.6 Å². The first kappa shape index (κ1) is 23.1. The molecule has 10 heteroatoms. The number of thioether (sulfide) groups is 1. The van der Waals surface area contributed by atoms with Gasteiger partial charge in [-0.05, 0) is 49.6 Å². The summed E-state index contributed by atoms with van der Waals surface area (Å²) < 4.78 is 17.6. The fourth-order valence-corrected chi connectivity index (χ4v) is 4.06. The van der Waals surface area contributed by atoms with E-state index in [0.29, 0.717) is 50.8 Å². The third kappa shape index (κ3) is 4.43. The zero-order valence-corrected chi connectivity index (χ0v) is 20.2. The van der Waals surface area contributed by atoms with Crippen LogP contribution in [0.1, 0.15) is 32.1 Å². The molecular formula is C23H23ClN4O4S. The van der Waals surface area contributed by atoms with Crippen LogP contribution in [0.4, 0.5) is 5.69 Å². The highest BCUT2D eigenvalue weighted by atomic mass is 35.5. The first-order chi connectivity index (χ1) is 16.0. The number of hydrogen-bond donors (Lipinski definition) is 0. The van der Waals surface area contributed by atoms with E-state index >= 15 is 0 Å². The van der Waals surface area contributed by atoms with Crippen LogP contribution in [0.2, 0.25) is 5.02 Å². The third-order valence-electron chi connectivity index (χ3n) is 5.09. The molecule has 0 saturated carbocycles. The Morgan fingerprint density at radius 2 is 2.00 bits per heavy atom. The van der Waals surface area contributed by atoms with Crippen LogP contribution in [0.15, 0.2) is 41.6 Å². The maximum atomic E-state index is 13.2. The molecule has 1 aliphatic heterocycles. The molecule has 1 amide bonds. The van der Waals surface area contributed by atoms with E-state index in [-0.39, 0.29) is 18.2 Å². The summed E-state index contributed by atoms with van der Waals surface area (Å²) in [6.45, 7) is 4.20. The fourth-order valence-electron chi connectivity index (χ4n) is 3.59. The van der Waals surface area contributed by atoms with E-state index in [9.17, 15) is 4.79 Å². The number of nitrogens with zero attached hydrogens (tertiary/aromatic N) is 4. The average Bonchev–Trinajstić information content (AvgIpc) is 2.97. The second-order valence-electron chi connectivity index (χ2n) is 7.04. The van der Waals surface area contributed by atoms with Crippen molar-refractivity contribution in [2.45, 2.75) is 31.7 Å². The largest absolute Gasteiger partial charge is 0.493 e. The third-order valence-corrected chi connectivity index (χ3v) is 5.87. The first-order valence-electron chi connectivity index (χ1n) is 10.4. The number of fused-ring (bicyclic) bond motifs is 3. The van der Waals surface area contributed by atoms with E-state index in [1.807, 2.05) is 19.2 Å². The molecule has 33 heavy (non-hydrogen) atoms. The van der Waals surface area contributed by atoms with Crippen LogP contribution in [0, 0.1) is 0 Å². The second-order valence-corrected chi connectivity index (χ2v) is 8.25. The molecular weight excluding hydrogens is 464 g/mol. The molecule has 3 aromatic rings. The number of rotatable bonds is 6. The molecule has 0 saturated heterocycles. The van der Waals surface area contributed by atoms with E-state index < -0.39 is 6.23 Å². The zero-order chi connectivity index (χ0) is 23.5. The highest BCUT2D eigenvalue weighted by Crippen LogP contribution is 2.45. The topological polar surface area (TPSA) is 86.7 Å². The van der Waals surface area contributed by atoms with Gasteiger partial charge in [-0.1, -0.05) is 30.3 Å². The number of ether oxygens (including phenoxy) is 3. The number of hydrogen-bond acceptors (Lipinski definition) is 8. The minimum absolute atomic E-state index is 0.137. The molecule has 1 aromatic heterocycles. The van der Waals surface area contributed by atoms with Gasteiger partial charge in [0.1, 0.15) is 0 Å². The Morgan fingerprint density at radius 3 is 2.70 bits per heavy atom. The summed E-state index contributed by atoms with van der Waals surface area (Å²) in [7, 11) is 1.57. The number of anilines is 1. The van der Waals surface area contributed by atoms with Gasteiger partial charge in [0.2, 0.25) is 23.2 Å². The van der Waals surface area contributed by atoms with Gasteiger partial charge in [-0.25, -0.2) is 0 Å². The molecule has 0 fully saturated rings. The van der Waals surface area contributed by atoms with Crippen LogP contribution in [0.3, 0.4) is 0 Å². The smallest absolute Gasteiger partial charge is 0.247 e. The molecule has 0 aliphatic carbocycles. The number of halogens is 1. The number of methoxy groups -OCH3 is 1. The standard InChI is InChI=1S/C23H23ClN4O4S/c1-5-19(29)28-16-9-8-14(24)12-15(16)20-21(25-23(33-4)27-26-20)32-22(28)13-7-10-17(31-6-2)18(11-13)30-3/h7-12,22H,5-6H2,1-4H3/t22-/m1/s1. The number of benzene rings is 2. The maximum absolute atomic E-state index is 13.2. The van der Waals surface area contributed by atoms with Crippen LogP contribution in [-0.4, -0.2) is 41.1 Å². The predicted molar refractivity (Wildman–Crippen MR) is 127 cm³/mol. The lowest BCUT2D eigenvalue weighted by molar-refractivity contribution is -0.120. The van der Waals surface area contributed by atoms with Crippen molar-refractivity contribution >= 4 is 35.0 Å². The van der Waals surface area contributed by atoms with Gasteiger partial charge in [0.25, 0.3) is 0 Å². The maximum Gasteiger partial charge on any atom is 0.247 e. The van der Waals surface area contributed by atoms with Gasteiger partial charge in [-0.2, -0.15) is 4.98 Å². The van der Waals surface area contributed by atoms with Crippen LogP contribution in [-0.2, 0) is 4.79 Å². The zero-order valence-electron chi connectivity index (χ0n) is 18.7. The van der Waals surface area contributed by atoms with Gasteiger partial charge in [0.15, 0.2) is 17.2 Å². The lowest BCUT2D eigenvalue weighted by atomic mass is 10.1.